The van der Waals surface area contributed by atoms with E-state index in [1.165, 1.54) is 6.42 Å². The van der Waals surface area contributed by atoms with Gasteiger partial charge in [-0.1, -0.05) is 18.6 Å². The van der Waals surface area contributed by atoms with Crippen molar-refractivity contribution in [3.05, 3.63) is 48.0 Å². The molecular weight excluding hydrogens is 434 g/mol. The van der Waals surface area contributed by atoms with Crippen LogP contribution in [-0.4, -0.2) is 37.0 Å². The summed E-state index contributed by atoms with van der Waals surface area (Å²) in [7, 11) is -3.49. The molecule has 1 aliphatic carbocycles. The average Bonchev–Trinajstić information content (AvgIpc) is 3.12. The number of aromatic nitrogens is 1. The second kappa shape index (κ2) is 8.85. The molecule has 0 radical (unpaired) electrons. The van der Waals surface area contributed by atoms with Crippen LogP contribution in [0.25, 0.3) is 22.2 Å². The summed E-state index contributed by atoms with van der Waals surface area (Å²) < 4.78 is 35.8. The molecule has 33 heavy (non-hydrogen) atoms. The predicted molar refractivity (Wildman–Crippen MR) is 129 cm³/mol. The largest absolute Gasteiger partial charge is 0.494 e. The first kappa shape index (κ1) is 22.0. The normalized spacial score (nSPS) is 17.6. The van der Waals surface area contributed by atoms with E-state index in [0.717, 1.165) is 60.0 Å². The summed E-state index contributed by atoms with van der Waals surface area (Å²) in [6.45, 7) is 3.71. The molecule has 0 amide bonds. The van der Waals surface area contributed by atoms with Crippen molar-refractivity contribution in [2.24, 2.45) is 0 Å². The first-order valence-electron chi connectivity index (χ1n) is 11.9. The number of hydrogen-bond acceptors (Lipinski definition) is 4. The molecule has 0 N–H and O–H groups in total. The summed E-state index contributed by atoms with van der Waals surface area (Å²) in [5.74, 6) is 0.794. The maximum absolute atomic E-state index is 13.1. The Hall–Kier alpha value is -2.82. The van der Waals surface area contributed by atoms with Crippen molar-refractivity contribution >= 4 is 20.9 Å². The van der Waals surface area contributed by atoms with Crippen LogP contribution in [0.5, 0.6) is 5.75 Å². The predicted octanol–water partition coefficient (Wildman–Crippen LogP) is 5.48. The van der Waals surface area contributed by atoms with Crippen molar-refractivity contribution in [1.29, 1.82) is 5.26 Å². The summed E-state index contributed by atoms with van der Waals surface area (Å²) >= 11 is 0. The fraction of sp³-hybridized carbons (Fsp3) is 0.423. The minimum atomic E-state index is -3.49. The van der Waals surface area contributed by atoms with Crippen LogP contribution in [-0.2, 0) is 10.0 Å². The van der Waals surface area contributed by atoms with Crippen molar-refractivity contribution in [2.45, 2.75) is 56.4 Å². The standard InChI is InChI=1S/C26H29N3O3S/c1-2-32-21-11-14-23-24(18-27)26(29(25(23)17-21)20-7-6-8-20)19-9-12-22(13-10-19)33(30,31)28-15-4-3-5-16-28/h9-14,17,20H,2-8,15-16H2,1H3. The van der Waals surface area contributed by atoms with Crippen LogP contribution in [0.2, 0.25) is 0 Å². The van der Waals surface area contributed by atoms with Crippen molar-refractivity contribution in [2.75, 3.05) is 19.7 Å². The molecule has 3 aromatic rings. The maximum Gasteiger partial charge on any atom is 0.243 e. The highest BCUT2D eigenvalue weighted by molar-refractivity contribution is 7.89. The minimum absolute atomic E-state index is 0.316. The number of ether oxygens (including phenoxy) is 1. The SMILES string of the molecule is CCOc1ccc2c(C#N)c(-c3ccc(S(=O)(=O)N4CCCCC4)cc3)n(C3CCC3)c2c1. The minimum Gasteiger partial charge on any atom is -0.494 e. The van der Waals surface area contributed by atoms with Crippen LogP contribution in [0.1, 0.15) is 57.1 Å². The molecule has 0 spiro atoms. The Morgan fingerprint density at radius 2 is 1.76 bits per heavy atom. The highest BCUT2D eigenvalue weighted by Crippen LogP contribution is 2.43. The zero-order valence-electron chi connectivity index (χ0n) is 19.0. The third-order valence-electron chi connectivity index (χ3n) is 6.92. The van der Waals surface area contributed by atoms with Gasteiger partial charge < -0.3 is 9.30 Å². The van der Waals surface area contributed by atoms with E-state index in [9.17, 15) is 13.7 Å². The van der Waals surface area contributed by atoms with Crippen LogP contribution >= 0.6 is 0 Å². The highest BCUT2D eigenvalue weighted by atomic mass is 32.2. The molecule has 0 bridgehead atoms. The molecule has 1 aliphatic heterocycles. The first-order chi connectivity index (χ1) is 16.0. The molecule has 2 heterocycles. The Morgan fingerprint density at radius 1 is 1.03 bits per heavy atom. The number of benzene rings is 2. The lowest BCUT2D eigenvalue weighted by molar-refractivity contribution is 0.322. The molecule has 2 aliphatic rings. The Bertz CT molecular complexity index is 1310. The van der Waals surface area contributed by atoms with E-state index in [-0.39, 0.29) is 0 Å². The average molecular weight is 464 g/mol. The Labute approximate surface area is 195 Å². The van der Waals surface area contributed by atoms with Gasteiger partial charge in [-0.15, -0.1) is 0 Å². The fourth-order valence-corrected chi connectivity index (χ4v) is 6.52. The van der Waals surface area contributed by atoms with Crippen molar-refractivity contribution in [3.63, 3.8) is 0 Å². The van der Waals surface area contributed by atoms with Crippen LogP contribution in [0.3, 0.4) is 0 Å². The van der Waals surface area contributed by atoms with Gasteiger partial charge in [-0.05, 0) is 68.9 Å². The van der Waals surface area contributed by atoms with E-state index in [4.69, 9.17) is 4.74 Å². The van der Waals surface area contributed by atoms with E-state index in [1.54, 1.807) is 16.4 Å². The molecule has 2 aromatic carbocycles. The van der Waals surface area contributed by atoms with E-state index < -0.39 is 10.0 Å². The molecule has 1 saturated carbocycles. The number of rotatable bonds is 6. The highest BCUT2D eigenvalue weighted by Gasteiger charge is 2.29. The van der Waals surface area contributed by atoms with Crippen LogP contribution in [0.15, 0.2) is 47.4 Å². The number of fused-ring (bicyclic) bond motifs is 1. The summed E-state index contributed by atoms with van der Waals surface area (Å²) in [6, 6.07) is 15.7. The first-order valence-corrected chi connectivity index (χ1v) is 13.3. The Morgan fingerprint density at radius 3 is 2.36 bits per heavy atom. The molecule has 2 fully saturated rings. The van der Waals surface area contributed by atoms with Gasteiger partial charge in [0.1, 0.15) is 11.8 Å². The van der Waals surface area contributed by atoms with Gasteiger partial charge in [-0.2, -0.15) is 9.57 Å². The van der Waals surface area contributed by atoms with Crippen LogP contribution in [0.4, 0.5) is 0 Å². The summed E-state index contributed by atoms with van der Waals surface area (Å²) in [6.07, 6.45) is 6.22. The van der Waals surface area contributed by atoms with E-state index in [2.05, 4.69) is 10.6 Å². The summed E-state index contributed by atoms with van der Waals surface area (Å²) in [5, 5.41) is 11.0. The van der Waals surface area contributed by atoms with Gasteiger partial charge in [0.05, 0.1) is 28.3 Å². The maximum atomic E-state index is 13.1. The summed E-state index contributed by atoms with van der Waals surface area (Å²) in [5.41, 5.74) is 3.37. The van der Waals surface area contributed by atoms with Crippen molar-refractivity contribution < 1.29 is 13.2 Å². The number of sulfonamides is 1. The lowest BCUT2D eigenvalue weighted by Crippen LogP contribution is -2.35. The van der Waals surface area contributed by atoms with Crippen molar-refractivity contribution in [3.8, 4) is 23.1 Å². The number of nitriles is 1. The number of hydrogen-bond donors (Lipinski definition) is 0. The van der Waals surface area contributed by atoms with Crippen molar-refractivity contribution in [1.82, 2.24) is 8.87 Å². The molecule has 0 unspecified atom stereocenters. The lowest BCUT2D eigenvalue weighted by Gasteiger charge is -2.30. The van der Waals surface area contributed by atoms with Gasteiger partial charge in [-0.3, -0.25) is 0 Å². The topological polar surface area (TPSA) is 75.3 Å². The van der Waals surface area contributed by atoms with E-state index >= 15 is 0 Å². The van der Waals surface area contributed by atoms with E-state index in [1.807, 2.05) is 37.3 Å². The number of nitrogens with zero attached hydrogens (tertiary/aromatic N) is 3. The molecular formula is C26H29N3O3S. The Balaban J connectivity index is 1.61. The fourth-order valence-electron chi connectivity index (χ4n) is 5.01. The van der Waals surface area contributed by atoms with Gasteiger partial charge in [0.2, 0.25) is 10.0 Å². The molecule has 6 nitrogen and oxygen atoms in total. The molecule has 0 atom stereocenters. The number of piperidine rings is 1. The molecule has 172 valence electrons. The molecule has 1 saturated heterocycles. The summed E-state index contributed by atoms with van der Waals surface area (Å²) in [4.78, 5) is 0.316. The van der Waals surface area contributed by atoms with E-state index in [0.29, 0.717) is 36.2 Å². The Kier molecular flexibility index (Phi) is 5.90. The third-order valence-corrected chi connectivity index (χ3v) is 8.83. The quantitative estimate of drug-likeness (QED) is 0.485. The molecule has 5 rings (SSSR count). The molecule has 7 heteroatoms. The van der Waals surface area contributed by atoms with Gasteiger partial charge in [0.15, 0.2) is 0 Å². The van der Waals surface area contributed by atoms with Gasteiger partial charge in [-0.25, -0.2) is 8.42 Å². The van der Waals surface area contributed by atoms with Gasteiger partial charge in [0, 0.05) is 30.6 Å². The smallest absolute Gasteiger partial charge is 0.243 e. The van der Waals surface area contributed by atoms with Gasteiger partial charge >= 0.3 is 0 Å². The van der Waals surface area contributed by atoms with Crippen LogP contribution < -0.4 is 4.74 Å². The lowest BCUT2D eigenvalue weighted by atomic mass is 9.92. The monoisotopic (exact) mass is 463 g/mol. The molecule has 1 aromatic heterocycles. The van der Waals surface area contributed by atoms with Crippen LogP contribution in [0, 0.1) is 11.3 Å². The van der Waals surface area contributed by atoms with Gasteiger partial charge in [0.25, 0.3) is 0 Å². The zero-order chi connectivity index (χ0) is 23.0. The third kappa shape index (κ3) is 3.81. The second-order valence-corrected chi connectivity index (χ2v) is 10.8. The zero-order valence-corrected chi connectivity index (χ0v) is 19.8. The second-order valence-electron chi connectivity index (χ2n) is 8.89.